The lowest BCUT2D eigenvalue weighted by Gasteiger charge is -2.13. The molecule has 6 heteroatoms. The Hall–Kier alpha value is -2.66. The van der Waals surface area contributed by atoms with Gasteiger partial charge in [0.25, 0.3) is 5.91 Å². The first-order valence-electron chi connectivity index (χ1n) is 7.67. The van der Waals surface area contributed by atoms with Crippen LogP contribution in [0.2, 0.25) is 5.02 Å². The summed E-state index contributed by atoms with van der Waals surface area (Å²) in [6.07, 6.45) is 0.651. The van der Waals surface area contributed by atoms with Crippen molar-refractivity contribution in [3.63, 3.8) is 0 Å². The molecule has 0 saturated heterocycles. The van der Waals surface area contributed by atoms with E-state index in [1.54, 1.807) is 24.3 Å². The fraction of sp³-hybridized carbons (Fsp3) is 0.167. The molecule has 24 heavy (non-hydrogen) atoms. The number of nitrogens with two attached hydrogens (primary N) is 1. The number of nitrogens with zero attached hydrogens (tertiary/aromatic N) is 3. The maximum atomic E-state index is 12.9. The van der Waals surface area contributed by atoms with Gasteiger partial charge in [-0.25, -0.2) is 0 Å². The lowest BCUT2D eigenvalue weighted by Crippen LogP contribution is -2.22. The molecule has 0 saturated carbocycles. The molecule has 122 valence electrons. The number of hydrogen-bond donors (Lipinski definition) is 1. The van der Waals surface area contributed by atoms with Gasteiger partial charge in [-0.05, 0) is 36.2 Å². The number of nitrogen functional groups attached to an aromatic ring is 1. The normalized spacial score (nSPS) is 12.1. The molecule has 0 spiro atoms. The van der Waals surface area contributed by atoms with Crippen LogP contribution >= 0.6 is 11.6 Å². The molecule has 1 aromatic heterocycles. The van der Waals surface area contributed by atoms with Crippen molar-refractivity contribution in [3.05, 3.63) is 65.2 Å². The molecule has 0 amide bonds. The molecule has 0 radical (unpaired) electrons. The highest BCUT2D eigenvalue weighted by Crippen LogP contribution is 2.24. The van der Waals surface area contributed by atoms with Crippen molar-refractivity contribution < 1.29 is 4.79 Å². The minimum absolute atomic E-state index is 0.0827. The highest BCUT2D eigenvalue weighted by Gasteiger charge is 2.24. The zero-order chi connectivity index (χ0) is 17.1. The zero-order valence-electron chi connectivity index (χ0n) is 13.2. The first-order valence-corrected chi connectivity index (χ1v) is 8.05. The largest absolute Gasteiger partial charge is 0.368 e. The molecule has 0 unspecified atom stereocenters. The van der Waals surface area contributed by atoms with E-state index in [9.17, 15) is 4.79 Å². The third-order valence-corrected chi connectivity index (χ3v) is 4.10. The van der Waals surface area contributed by atoms with Crippen molar-refractivity contribution in [2.45, 2.75) is 19.3 Å². The highest BCUT2D eigenvalue weighted by molar-refractivity contribution is 6.30. The number of carbonyl (C=O) groups excluding carboxylic acids is 1. The average molecular weight is 341 g/mol. The van der Waals surface area contributed by atoms with Crippen LogP contribution in [0.4, 0.5) is 5.95 Å². The molecule has 1 atom stereocenters. The van der Waals surface area contributed by atoms with E-state index in [1.165, 1.54) is 4.68 Å². The van der Waals surface area contributed by atoms with E-state index >= 15 is 0 Å². The van der Waals surface area contributed by atoms with Crippen LogP contribution in [-0.2, 0) is 0 Å². The van der Waals surface area contributed by atoms with Crippen molar-refractivity contribution in [3.8, 4) is 11.4 Å². The van der Waals surface area contributed by atoms with Crippen LogP contribution in [0.5, 0.6) is 0 Å². The van der Waals surface area contributed by atoms with Crippen molar-refractivity contribution in [1.29, 1.82) is 0 Å². The van der Waals surface area contributed by atoms with Crippen LogP contribution in [0.3, 0.4) is 0 Å². The molecule has 1 heterocycles. The van der Waals surface area contributed by atoms with Crippen LogP contribution in [0, 0.1) is 0 Å². The van der Waals surface area contributed by atoms with Crippen LogP contribution in [0.1, 0.15) is 29.6 Å². The van der Waals surface area contributed by atoms with Crippen molar-refractivity contribution in [1.82, 2.24) is 14.8 Å². The first-order chi connectivity index (χ1) is 11.6. The summed E-state index contributed by atoms with van der Waals surface area (Å²) in [5.41, 5.74) is 7.62. The fourth-order valence-corrected chi connectivity index (χ4v) is 2.72. The Bertz CT molecular complexity index is 843. The van der Waals surface area contributed by atoms with Gasteiger partial charge in [0, 0.05) is 10.6 Å². The number of benzene rings is 2. The van der Waals surface area contributed by atoms with Crippen LogP contribution in [-0.4, -0.2) is 20.7 Å². The predicted octanol–water partition coefficient (Wildman–Crippen LogP) is 4.01. The molecular weight excluding hydrogens is 324 g/mol. The lowest BCUT2D eigenvalue weighted by atomic mass is 9.96. The number of anilines is 1. The number of aromatic nitrogens is 3. The van der Waals surface area contributed by atoms with Crippen molar-refractivity contribution >= 4 is 23.5 Å². The minimum Gasteiger partial charge on any atom is -0.368 e. The predicted molar refractivity (Wildman–Crippen MR) is 95.0 cm³/mol. The van der Waals surface area contributed by atoms with Crippen molar-refractivity contribution in [2.24, 2.45) is 0 Å². The molecule has 3 rings (SSSR count). The number of rotatable bonds is 4. The fourth-order valence-electron chi connectivity index (χ4n) is 2.59. The van der Waals surface area contributed by atoms with Gasteiger partial charge in [-0.1, -0.05) is 48.9 Å². The maximum Gasteiger partial charge on any atom is 0.257 e. The van der Waals surface area contributed by atoms with Gasteiger partial charge in [0.2, 0.25) is 5.95 Å². The van der Waals surface area contributed by atoms with Crippen LogP contribution < -0.4 is 5.73 Å². The lowest BCUT2D eigenvalue weighted by molar-refractivity contribution is 0.0862. The van der Waals surface area contributed by atoms with E-state index < -0.39 is 0 Å². The number of halogens is 1. The van der Waals surface area contributed by atoms with E-state index in [4.69, 9.17) is 17.3 Å². The second-order valence-corrected chi connectivity index (χ2v) is 5.86. The summed E-state index contributed by atoms with van der Waals surface area (Å²) in [4.78, 5) is 17.1. The Labute approximate surface area is 145 Å². The molecule has 0 aliphatic rings. The summed E-state index contributed by atoms with van der Waals surface area (Å²) < 4.78 is 1.19. The van der Waals surface area contributed by atoms with E-state index in [0.717, 1.165) is 11.1 Å². The molecule has 2 aromatic carbocycles. The van der Waals surface area contributed by atoms with E-state index in [2.05, 4.69) is 10.1 Å². The second-order valence-electron chi connectivity index (χ2n) is 5.42. The van der Waals surface area contributed by atoms with Crippen LogP contribution in [0.25, 0.3) is 11.4 Å². The molecule has 3 aromatic rings. The maximum absolute atomic E-state index is 12.9. The first kappa shape index (κ1) is 16.2. The molecule has 0 aliphatic heterocycles. The summed E-state index contributed by atoms with van der Waals surface area (Å²) in [6, 6.07) is 16.7. The smallest absolute Gasteiger partial charge is 0.257 e. The van der Waals surface area contributed by atoms with Crippen LogP contribution in [0.15, 0.2) is 54.6 Å². The van der Waals surface area contributed by atoms with E-state index in [0.29, 0.717) is 17.3 Å². The quantitative estimate of drug-likeness (QED) is 0.778. The second kappa shape index (κ2) is 6.84. The summed E-state index contributed by atoms with van der Waals surface area (Å²) in [5.74, 6) is -0.0121. The average Bonchev–Trinajstić information content (AvgIpc) is 2.99. The van der Waals surface area contributed by atoms with Gasteiger partial charge in [-0.2, -0.15) is 9.67 Å². The van der Waals surface area contributed by atoms with Gasteiger partial charge < -0.3 is 5.73 Å². The monoisotopic (exact) mass is 340 g/mol. The third-order valence-electron chi connectivity index (χ3n) is 3.85. The Morgan fingerprint density at radius 2 is 1.83 bits per heavy atom. The molecule has 2 N–H and O–H groups in total. The standard InChI is InChI=1S/C18H17ClN4O/c1-2-15(12-6-4-3-5-7-12)17(24)23-18(20)21-16(22-23)13-8-10-14(19)11-9-13/h3-11,15H,2H2,1H3,(H2,20,21,22)/t15-/m1/s1. The van der Waals surface area contributed by atoms with Gasteiger partial charge in [0.1, 0.15) is 0 Å². The van der Waals surface area contributed by atoms with E-state index in [-0.39, 0.29) is 17.8 Å². The molecule has 0 aliphatic carbocycles. The highest BCUT2D eigenvalue weighted by atomic mass is 35.5. The SMILES string of the molecule is CC[C@@H](C(=O)n1nc(-c2ccc(Cl)cc2)nc1N)c1ccccc1. The van der Waals surface area contributed by atoms with Gasteiger partial charge in [0.05, 0.1) is 5.92 Å². The summed E-state index contributed by atoms with van der Waals surface area (Å²) >= 11 is 5.89. The van der Waals surface area contributed by atoms with Gasteiger partial charge in [-0.3, -0.25) is 4.79 Å². The van der Waals surface area contributed by atoms with Gasteiger partial charge in [-0.15, -0.1) is 5.10 Å². The van der Waals surface area contributed by atoms with E-state index in [1.807, 2.05) is 37.3 Å². The number of carbonyl (C=O) groups is 1. The van der Waals surface area contributed by atoms with Gasteiger partial charge >= 0.3 is 0 Å². The molecular formula is C18H17ClN4O. The summed E-state index contributed by atoms with van der Waals surface area (Å²) in [6.45, 7) is 1.96. The van der Waals surface area contributed by atoms with Crippen molar-refractivity contribution in [2.75, 3.05) is 5.73 Å². The Balaban J connectivity index is 1.94. The Morgan fingerprint density at radius 1 is 1.17 bits per heavy atom. The molecule has 5 nitrogen and oxygen atoms in total. The third kappa shape index (κ3) is 3.16. The molecule has 0 bridgehead atoms. The molecule has 0 fully saturated rings. The topological polar surface area (TPSA) is 73.8 Å². The van der Waals surface area contributed by atoms with Gasteiger partial charge in [0.15, 0.2) is 5.82 Å². The summed E-state index contributed by atoms with van der Waals surface area (Å²) in [7, 11) is 0. The number of hydrogen-bond acceptors (Lipinski definition) is 4. The zero-order valence-corrected chi connectivity index (χ0v) is 13.9. The minimum atomic E-state index is -0.312. The Morgan fingerprint density at radius 3 is 2.46 bits per heavy atom. The Kier molecular flexibility index (Phi) is 4.62. The summed E-state index contributed by atoms with van der Waals surface area (Å²) in [5, 5.41) is 4.91.